The van der Waals surface area contributed by atoms with Crippen molar-refractivity contribution in [1.29, 1.82) is 0 Å². The number of rotatable bonds is 9. The highest BCUT2D eigenvalue weighted by Crippen LogP contribution is 2.20. The van der Waals surface area contributed by atoms with Gasteiger partial charge in [-0.25, -0.2) is 0 Å². The third-order valence-electron chi connectivity index (χ3n) is 6.64. The molecular weight excluding hydrogens is 346 g/mol. The topological polar surface area (TPSA) is 19.0 Å². The Bertz CT molecular complexity index is 545. The highest BCUT2D eigenvalue weighted by molar-refractivity contribution is 5.48. The third kappa shape index (κ3) is 6.75. The van der Waals surface area contributed by atoms with Crippen molar-refractivity contribution in [2.75, 3.05) is 57.8 Å². The monoisotopic (exact) mass is 387 g/mol. The molecule has 0 bridgehead atoms. The van der Waals surface area contributed by atoms with E-state index in [1.165, 1.54) is 43.4 Å². The molecule has 0 radical (unpaired) electrons. The SMILES string of the molecule is CCC(C)CCCOC1CCN(Cc2ccc(N3CCN(C)CC3)cc2)CC1. The number of piperidine rings is 1. The van der Waals surface area contributed by atoms with Crippen LogP contribution in [-0.2, 0) is 11.3 Å². The maximum atomic E-state index is 6.13. The quantitative estimate of drug-likeness (QED) is 0.590. The van der Waals surface area contributed by atoms with Crippen LogP contribution in [0.5, 0.6) is 0 Å². The normalized spacial score (nSPS) is 21.2. The van der Waals surface area contributed by atoms with Crippen molar-refractivity contribution in [3.63, 3.8) is 0 Å². The Morgan fingerprint density at radius 1 is 1.00 bits per heavy atom. The van der Waals surface area contributed by atoms with Crippen LogP contribution in [0.4, 0.5) is 5.69 Å². The molecule has 4 nitrogen and oxygen atoms in total. The molecule has 1 aromatic rings. The van der Waals surface area contributed by atoms with Gasteiger partial charge in [0.05, 0.1) is 6.10 Å². The lowest BCUT2D eigenvalue weighted by atomic mass is 10.0. The highest BCUT2D eigenvalue weighted by atomic mass is 16.5. The molecule has 28 heavy (non-hydrogen) atoms. The second-order valence-corrected chi connectivity index (χ2v) is 8.96. The van der Waals surface area contributed by atoms with E-state index in [2.05, 4.69) is 59.9 Å². The fraction of sp³-hybridized carbons (Fsp3) is 0.750. The van der Waals surface area contributed by atoms with Crippen molar-refractivity contribution in [2.24, 2.45) is 5.92 Å². The number of anilines is 1. The van der Waals surface area contributed by atoms with E-state index in [0.29, 0.717) is 6.10 Å². The number of likely N-dealkylation sites (N-methyl/N-ethyl adjacent to an activating group) is 1. The zero-order valence-electron chi connectivity index (χ0n) is 18.4. The van der Waals surface area contributed by atoms with Gasteiger partial charge in [-0.15, -0.1) is 0 Å². The van der Waals surface area contributed by atoms with E-state index in [4.69, 9.17) is 4.74 Å². The summed E-state index contributed by atoms with van der Waals surface area (Å²) < 4.78 is 6.13. The minimum atomic E-state index is 0.479. The Hall–Kier alpha value is -1.10. The van der Waals surface area contributed by atoms with Crippen LogP contribution in [0.2, 0.25) is 0 Å². The molecule has 1 unspecified atom stereocenters. The summed E-state index contributed by atoms with van der Waals surface area (Å²) in [6.45, 7) is 13.6. The maximum Gasteiger partial charge on any atom is 0.0599 e. The molecule has 0 aromatic heterocycles. The molecule has 0 saturated carbocycles. The van der Waals surface area contributed by atoms with Gasteiger partial charge in [0.25, 0.3) is 0 Å². The molecule has 0 spiro atoms. The van der Waals surface area contributed by atoms with Crippen LogP contribution in [0.3, 0.4) is 0 Å². The maximum absolute atomic E-state index is 6.13. The van der Waals surface area contributed by atoms with Crippen LogP contribution < -0.4 is 4.90 Å². The summed E-state index contributed by atoms with van der Waals surface area (Å²) in [4.78, 5) is 7.50. The standard InChI is InChI=1S/C24H41N3O/c1-4-21(2)6-5-19-28-24-11-13-26(14-12-24)20-22-7-9-23(10-8-22)27-17-15-25(3)16-18-27/h7-10,21,24H,4-6,11-20H2,1-3H3. The molecular formula is C24H41N3O. The first-order chi connectivity index (χ1) is 13.6. The summed E-state index contributed by atoms with van der Waals surface area (Å²) in [6, 6.07) is 9.28. The van der Waals surface area contributed by atoms with Gasteiger partial charge >= 0.3 is 0 Å². The van der Waals surface area contributed by atoms with Crippen molar-refractivity contribution in [1.82, 2.24) is 9.80 Å². The third-order valence-corrected chi connectivity index (χ3v) is 6.64. The summed E-state index contributed by atoms with van der Waals surface area (Å²) in [6.07, 6.45) is 6.65. The van der Waals surface area contributed by atoms with Crippen molar-refractivity contribution in [3.8, 4) is 0 Å². The molecule has 2 heterocycles. The van der Waals surface area contributed by atoms with Crippen LogP contribution >= 0.6 is 0 Å². The Kier molecular flexibility index (Phi) is 8.63. The molecule has 4 heteroatoms. The first-order valence-corrected chi connectivity index (χ1v) is 11.5. The number of piperazine rings is 1. The Balaban J connectivity index is 1.34. The second kappa shape index (κ2) is 11.2. The molecule has 0 aliphatic carbocycles. The average molecular weight is 388 g/mol. The lowest BCUT2D eigenvalue weighted by Gasteiger charge is -2.34. The average Bonchev–Trinajstić information content (AvgIpc) is 2.73. The summed E-state index contributed by atoms with van der Waals surface area (Å²) >= 11 is 0. The highest BCUT2D eigenvalue weighted by Gasteiger charge is 2.20. The molecule has 0 N–H and O–H groups in total. The smallest absolute Gasteiger partial charge is 0.0599 e. The van der Waals surface area contributed by atoms with Crippen LogP contribution in [0.15, 0.2) is 24.3 Å². The molecule has 1 aromatic carbocycles. The predicted molar refractivity (Wildman–Crippen MR) is 119 cm³/mol. The first kappa shape index (κ1) is 21.6. The van der Waals surface area contributed by atoms with Gasteiger partial charge in [-0.1, -0.05) is 32.4 Å². The van der Waals surface area contributed by atoms with Crippen molar-refractivity contribution < 1.29 is 4.74 Å². The zero-order valence-corrected chi connectivity index (χ0v) is 18.4. The Labute approximate surface area is 172 Å². The number of likely N-dealkylation sites (tertiary alicyclic amines) is 1. The number of nitrogens with zero attached hydrogens (tertiary/aromatic N) is 3. The number of hydrogen-bond acceptors (Lipinski definition) is 4. The van der Waals surface area contributed by atoms with E-state index < -0.39 is 0 Å². The summed E-state index contributed by atoms with van der Waals surface area (Å²) in [5, 5.41) is 0. The molecule has 158 valence electrons. The summed E-state index contributed by atoms with van der Waals surface area (Å²) in [5.41, 5.74) is 2.81. The van der Waals surface area contributed by atoms with E-state index in [1.54, 1.807) is 0 Å². The van der Waals surface area contributed by atoms with Gasteiger partial charge in [-0.3, -0.25) is 4.90 Å². The second-order valence-electron chi connectivity index (χ2n) is 8.96. The Morgan fingerprint density at radius 2 is 1.68 bits per heavy atom. The van der Waals surface area contributed by atoms with Gasteiger partial charge in [0.1, 0.15) is 0 Å². The van der Waals surface area contributed by atoms with Gasteiger partial charge in [-0.2, -0.15) is 0 Å². The predicted octanol–water partition coefficient (Wildman–Crippen LogP) is 4.25. The lowest BCUT2D eigenvalue weighted by molar-refractivity contribution is 0.00341. The van der Waals surface area contributed by atoms with Crippen LogP contribution in [0.1, 0.15) is 51.5 Å². The molecule has 2 saturated heterocycles. The van der Waals surface area contributed by atoms with Crippen molar-refractivity contribution >= 4 is 5.69 Å². The minimum absolute atomic E-state index is 0.479. The number of hydrogen-bond donors (Lipinski definition) is 0. The minimum Gasteiger partial charge on any atom is -0.378 e. The van der Waals surface area contributed by atoms with E-state index in [9.17, 15) is 0 Å². The molecule has 1 atom stereocenters. The lowest BCUT2D eigenvalue weighted by Crippen LogP contribution is -2.44. The molecule has 2 aliphatic rings. The first-order valence-electron chi connectivity index (χ1n) is 11.5. The van der Waals surface area contributed by atoms with Crippen molar-refractivity contribution in [2.45, 2.75) is 58.6 Å². The Morgan fingerprint density at radius 3 is 2.32 bits per heavy atom. The van der Waals surface area contributed by atoms with Gasteiger partial charge in [-0.05, 0) is 56.3 Å². The van der Waals surface area contributed by atoms with E-state index in [1.807, 2.05) is 0 Å². The van der Waals surface area contributed by atoms with Crippen molar-refractivity contribution in [3.05, 3.63) is 29.8 Å². The van der Waals surface area contributed by atoms with E-state index in [0.717, 1.165) is 58.3 Å². The summed E-state index contributed by atoms with van der Waals surface area (Å²) in [5.74, 6) is 0.841. The summed E-state index contributed by atoms with van der Waals surface area (Å²) in [7, 11) is 2.21. The van der Waals surface area contributed by atoms with Gasteiger partial charge < -0.3 is 14.5 Å². The largest absolute Gasteiger partial charge is 0.378 e. The van der Waals surface area contributed by atoms with Crippen LogP contribution in [-0.4, -0.2) is 68.8 Å². The molecule has 2 aliphatic heterocycles. The molecule has 0 amide bonds. The zero-order chi connectivity index (χ0) is 19.8. The van der Waals surface area contributed by atoms with Crippen LogP contribution in [0.25, 0.3) is 0 Å². The fourth-order valence-electron chi connectivity index (χ4n) is 4.25. The molecule has 2 fully saturated rings. The number of benzene rings is 1. The van der Waals surface area contributed by atoms with E-state index >= 15 is 0 Å². The fourth-order valence-corrected chi connectivity index (χ4v) is 4.25. The van der Waals surface area contributed by atoms with Gasteiger partial charge in [0.15, 0.2) is 0 Å². The number of ether oxygens (including phenoxy) is 1. The van der Waals surface area contributed by atoms with Gasteiger partial charge in [0.2, 0.25) is 0 Å². The molecule has 3 rings (SSSR count). The van der Waals surface area contributed by atoms with Gasteiger partial charge in [0, 0.05) is 58.1 Å². The van der Waals surface area contributed by atoms with Crippen LogP contribution in [0, 0.1) is 5.92 Å². The van der Waals surface area contributed by atoms with E-state index in [-0.39, 0.29) is 0 Å².